The van der Waals surface area contributed by atoms with E-state index in [4.69, 9.17) is 5.14 Å². The van der Waals surface area contributed by atoms with Crippen LogP contribution in [0.5, 0.6) is 0 Å². The van der Waals surface area contributed by atoms with Crippen molar-refractivity contribution >= 4 is 22.1 Å². The van der Waals surface area contributed by atoms with Crippen molar-refractivity contribution in [3.8, 4) is 0 Å². The fourth-order valence-electron chi connectivity index (χ4n) is 2.27. The Morgan fingerprint density at radius 1 is 1.27 bits per heavy atom. The van der Waals surface area contributed by atoms with Crippen LogP contribution in [0.2, 0.25) is 0 Å². The molecule has 0 aromatic carbocycles. The summed E-state index contributed by atoms with van der Waals surface area (Å²) in [5.41, 5.74) is 0. The minimum Gasteiger partial charge on any atom is -0.354 e. The Morgan fingerprint density at radius 2 is 1.91 bits per heavy atom. The zero-order chi connectivity index (χ0) is 16.0. The summed E-state index contributed by atoms with van der Waals surface area (Å²) < 4.78 is 23.6. The molecule has 1 fully saturated rings. The van der Waals surface area contributed by atoms with Gasteiger partial charge in [0.25, 0.3) is 10.2 Å². The molecule has 9 nitrogen and oxygen atoms in total. The SMILES string of the molecule is NS(=O)(=O)N1CCC(C(=O)NCCNc2ncccn2)CC1. The summed E-state index contributed by atoms with van der Waals surface area (Å²) in [7, 11) is -3.65. The van der Waals surface area contributed by atoms with Crippen molar-refractivity contribution in [2.45, 2.75) is 12.8 Å². The molecule has 0 saturated carbocycles. The van der Waals surface area contributed by atoms with E-state index < -0.39 is 10.2 Å². The van der Waals surface area contributed by atoms with Gasteiger partial charge in [0.1, 0.15) is 0 Å². The van der Waals surface area contributed by atoms with Crippen molar-refractivity contribution in [1.29, 1.82) is 0 Å². The first-order chi connectivity index (χ1) is 10.5. The van der Waals surface area contributed by atoms with Crippen LogP contribution in [-0.2, 0) is 15.0 Å². The van der Waals surface area contributed by atoms with Gasteiger partial charge in [0.05, 0.1) is 0 Å². The molecule has 1 saturated heterocycles. The number of nitrogens with zero attached hydrogens (tertiary/aromatic N) is 3. The van der Waals surface area contributed by atoms with E-state index in [1.165, 1.54) is 4.31 Å². The quantitative estimate of drug-likeness (QED) is 0.569. The van der Waals surface area contributed by atoms with E-state index in [1.54, 1.807) is 18.5 Å². The van der Waals surface area contributed by atoms with Gasteiger partial charge < -0.3 is 10.6 Å². The van der Waals surface area contributed by atoms with Gasteiger partial charge in [-0.3, -0.25) is 4.79 Å². The predicted octanol–water partition coefficient (Wildman–Crippen LogP) is -1.08. The van der Waals surface area contributed by atoms with Crippen molar-refractivity contribution in [2.75, 3.05) is 31.5 Å². The van der Waals surface area contributed by atoms with E-state index in [2.05, 4.69) is 20.6 Å². The van der Waals surface area contributed by atoms with Crippen LogP contribution in [0, 0.1) is 5.92 Å². The summed E-state index contributed by atoms with van der Waals surface area (Å²) in [4.78, 5) is 20.0. The number of aromatic nitrogens is 2. The summed E-state index contributed by atoms with van der Waals surface area (Å²) in [6.07, 6.45) is 4.23. The highest BCUT2D eigenvalue weighted by molar-refractivity contribution is 7.86. The second kappa shape index (κ2) is 7.47. The molecule has 2 heterocycles. The maximum Gasteiger partial charge on any atom is 0.276 e. The molecule has 22 heavy (non-hydrogen) atoms. The highest BCUT2D eigenvalue weighted by Crippen LogP contribution is 2.18. The lowest BCUT2D eigenvalue weighted by molar-refractivity contribution is -0.126. The lowest BCUT2D eigenvalue weighted by Gasteiger charge is -2.29. The molecule has 1 aliphatic rings. The summed E-state index contributed by atoms with van der Waals surface area (Å²) in [6, 6.07) is 1.72. The number of piperidine rings is 1. The van der Waals surface area contributed by atoms with Crippen LogP contribution in [0.4, 0.5) is 5.95 Å². The lowest BCUT2D eigenvalue weighted by Crippen LogP contribution is -2.45. The van der Waals surface area contributed by atoms with Crippen molar-refractivity contribution < 1.29 is 13.2 Å². The second-order valence-corrected chi connectivity index (χ2v) is 6.55. The lowest BCUT2D eigenvalue weighted by atomic mass is 9.97. The highest BCUT2D eigenvalue weighted by atomic mass is 32.2. The molecule has 0 radical (unpaired) electrons. The fourth-order valence-corrected chi connectivity index (χ4v) is 2.99. The van der Waals surface area contributed by atoms with Gasteiger partial charge in [-0.15, -0.1) is 0 Å². The van der Waals surface area contributed by atoms with Crippen LogP contribution in [0.3, 0.4) is 0 Å². The van der Waals surface area contributed by atoms with E-state index in [9.17, 15) is 13.2 Å². The van der Waals surface area contributed by atoms with Gasteiger partial charge in [0.2, 0.25) is 11.9 Å². The topological polar surface area (TPSA) is 130 Å². The molecule has 1 amide bonds. The predicted molar refractivity (Wildman–Crippen MR) is 80.9 cm³/mol. The van der Waals surface area contributed by atoms with E-state index >= 15 is 0 Å². The molecule has 122 valence electrons. The number of nitrogens with two attached hydrogens (primary N) is 1. The molecular formula is C12H20N6O3S. The van der Waals surface area contributed by atoms with Crippen molar-refractivity contribution in [3.63, 3.8) is 0 Å². The average molecular weight is 328 g/mol. The molecule has 0 spiro atoms. The van der Waals surface area contributed by atoms with Crippen LogP contribution >= 0.6 is 0 Å². The zero-order valence-electron chi connectivity index (χ0n) is 12.1. The first kappa shape index (κ1) is 16.6. The highest BCUT2D eigenvalue weighted by Gasteiger charge is 2.28. The van der Waals surface area contributed by atoms with E-state index in [-0.39, 0.29) is 24.9 Å². The molecule has 10 heteroatoms. The van der Waals surface area contributed by atoms with Gasteiger partial charge in [-0.25, -0.2) is 15.1 Å². The molecule has 4 N–H and O–H groups in total. The van der Waals surface area contributed by atoms with Crippen LogP contribution in [0.25, 0.3) is 0 Å². The second-order valence-electron chi connectivity index (χ2n) is 5.01. The Kier molecular flexibility index (Phi) is 5.63. The summed E-state index contributed by atoms with van der Waals surface area (Å²) >= 11 is 0. The monoisotopic (exact) mass is 328 g/mol. The van der Waals surface area contributed by atoms with Crippen LogP contribution in [0.15, 0.2) is 18.5 Å². The maximum absolute atomic E-state index is 12.0. The summed E-state index contributed by atoms with van der Waals surface area (Å²) in [5, 5.41) is 10.9. The smallest absolute Gasteiger partial charge is 0.276 e. The number of carbonyl (C=O) groups is 1. The molecular weight excluding hydrogens is 308 g/mol. The molecule has 1 aromatic heterocycles. The van der Waals surface area contributed by atoms with E-state index in [1.807, 2.05) is 0 Å². The van der Waals surface area contributed by atoms with Gasteiger partial charge in [-0.2, -0.15) is 12.7 Å². The Morgan fingerprint density at radius 3 is 2.50 bits per heavy atom. The molecule has 0 atom stereocenters. The molecule has 0 unspecified atom stereocenters. The Labute approximate surface area is 129 Å². The van der Waals surface area contributed by atoms with Gasteiger partial charge in [0.15, 0.2) is 0 Å². The van der Waals surface area contributed by atoms with Crippen LogP contribution < -0.4 is 15.8 Å². The van der Waals surface area contributed by atoms with Crippen LogP contribution in [0.1, 0.15) is 12.8 Å². The third-order valence-corrected chi connectivity index (χ3v) is 4.54. The number of hydrogen-bond acceptors (Lipinski definition) is 6. The number of carbonyl (C=O) groups excluding carboxylic acids is 1. The minimum atomic E-state index is -3.65. The Bertz CT molecular complexity index is 586. The van der Waals surface area contributed by atoms with Crippen molar-refractivity contribution in [3.05, 3.63) is 18.5 Å². The van der Waals surface area contributed by atoms with Gasteiger partial charge in [-0.05, 0) is 18.9 Å². The largest absolute Gasteiger partial charge is 0.354 e. The average Bonchev–Trinajstić information content (AvgIpc) is 2.52. The van der Waals surface area contributed by atoms with E-state index in [0.29, 0.717) is 31.9 Å². The van der Waals surface area contributed by atoms with Crippen molar-refractivity contribution in [2.24, 2.45) is 11.1 Å². The minimum absolute atomic E-state index is 0.0650. The van der Waals surface area contributed by atoms with Crippen LogP contribution in [-0.4, -0.2) is 54.8 Å². The molecule has 0 aliphatic carbocycles. The zero-order valence-corrected chi connectivity index (χ0v) is 12.9. The fraction of sp³-hybridized carbons (Fsp3) is 0.583. The molecule has 1 aromatic rings. The summed E-state index contributed by atoms with van der Waals surface area (Å²) in [5.74, 6) is 0.272. The number of hydrogen-bond donors (Lipinski definition) is 3. The third-order valence-electron chi connectivity index (χ3n) is 3.46. The maximum atomic E-state index is 12.0. The number of rotatable bonds is 6. The Balaban J connectivity index is 1.66. The van der Waals surface area contributed by atoms with Gasteiger partial charge in [-0.1, -0.05) is 0 Å². The summed E-state index contributed by atoms with van der Waals surface area (Å²) in [6.45, 7) is 1.54. The third kappa shape index (κ3) is 4.90. The standard InChI is InChI=1S/C12H20N6O3S/c13-22(20,21)18-8-2-10(3-9-18)11(19)14-6-7-17-12-15-4-1-5-16-12/h1,4-5,10H,2-3,6-9H2,(H,14,19)(H2,13,20,21)(H,15,16,17). The van der Waals surface area contributed by atoms with Gasteiger partial charge in [0, 0.05) is 44.5 Å². The van der Waals surface area contributed by atoms with Crippen molar-refractivity contribution in [1.82, 2.24) is 19.6 Å². The number of nitrogens with one attached hydrogen (secondary N) is 2. The molecule has 0 bridgehead atoms. The molecule has 2 rings (SSSR count). The molecule has 1 aliphatic heterocycles. The number of amides is 1. The Hall–Kier alpha value is -1.78. The normalized spacial score (nSPS) is 17.1. The van der Waals surface area contributed by atoms with Gasteiger partial charge >= 0.3 is 0 Å². The number of anilines is 1. The first-order valence-electron chi connectivity index (χ1n) is 7.03. The first-order valence-corrected chi connectivity index (χ1v) is 8.53. The van der Waals surface area contributed by atoms with E-state index in [0.717, 1.165) is 0 Å².